The van der Waals surface area contributed by atoms with E-state index in [1.165, 1.54) is 10.9 Å². The average Bonchev–Trinajstić information content (AvgIpc) is 3.23. The number of likely N-dealkylation sites (tertiary alicyclic amines) is 1. The third kappa shape index (κ3) is 4.68. The van der Waals surface area contributed by atoms with Crippen LogP contribution in [0.5, 0.6) is 0 Å². The fourth-order valence-electron chi connectivity index (χ4n) is 5.07. The number of hydrogen-bond acceptors (Lipinski definition) is 5. The predicted octanol–water partition coefficient (Wildman–Crippen LogP) is 3.34. The molecule has 2 aromatic heterocycles. The summed E-state index contributed by atoms with van der Waals surface area (Å²) in [7, 11) is 1.80. The smallest absolute Gasteiger partial charge is 0.281 e. The molecule has 3 heterocycles. The fourth-order valence-corrected chi connectivity index (χ4v) is 5.07. The van der Waals surface area contributed by atoms with Gasteiger partial charge in [0, 0.05) is 32.1 Å². The Labute approximate surface area is 209 Å². The van der Waals surface area contributed by atoms with Gasteiger partial charge in [0.1, 0.15) is 5.52 Å². The topological polar surface area (TPSA) is 93.2 Å². The van der Waals surface area contributed by atoms with E-state index < -0.39 is 5.60 Å². The highest BCUT2D eigenvalue weighted by atomic mass is 16.3. The van der Waals surface area contributed by atoms with Crippen LogP contribution in [-0.2, 0) is 18.4 Å². The van der Waals surface area contributed by atoms with Gasteiger partial charge in [-0.3, -0.25) is 18.8 Å². The molecule has 1 fully saturated rings. The second-order valence-electron chi connectivity index (χ2n) is 9.83. The number of hydrogen-bond donors (Lipinski definition) is 1. The highest BCUT2D eigenvalue weighted by Crippen LogP contribution is 2.28. The molecular weight excluding hydrogens is 454 g/mol. The first-order valence-corrected chi connectivity index (χ1v) is 12.4. The number of nitrogens with zero attached hydrogens (tertiary/aromatic N) is 5. The normalized spacial score (nSPS) is 16.2. The maximum absolute atomic E-state index is 13.2. The number of piperidine rings is 1. The summed E-state index contributed by atoms with van der Waals surface area (Å²) in [5.74, 6) is 0.227. The standard InChI is InChI=1S/C28H31N5O3/c1-20(21-9-5-3-6-10-21)17-23(34)32-15-13-28(36,14-16-32)18-33-19-29-24-25(27(33)35)30-31(2)26(24)22-11-7-4-8-12-22/h3-12,19-20,36H,13-18H2,1-2H3/t20-/m1/s1. The third-order valence-electron chi connectivity index (χ3n) is 7.22. The minimum atomic E-state index is -1.09. The molecule has 0 spiro atoms. The zero-order valence-corrected chi connectivity index (χ0v) is 20.7. The van der Waals surface area contributed by atoms with E-state index in [1.807, 2.05) is 65.6 Å². The number of aliphatic hydroxyl groups is 1. The molecule has 2 aromatic carbocycles. The van der Waals surface area contributed by atoms with E-state index in [9.17, 15) is 14.7 Å². The molecule has 1 saturated heterocycles. The molecule has 0 bridgehead atoms. The lowest BCUT2D eigenvalue weighted by atomic mass is 9.90. The molecule has 4 aromatic rings. The Hall–Kier alpha value is -3.78. The van der Waals surface area contributed by atoms with Crippen LogP contribution in [0.2, 0.25) is 0 Å². The summed E-state index contributed by atoms with van der Waals surface area (Å²) in [4.78, 5) is 32.5. The van der Waals surface area contributed by atoms with Crippen LogP contribution in [0.15, 0.2) is 71.8 Å². The van der Waals surface area contributed by atoms with Gasteiger partial charge in [-0.25, -0.2) is 4.98 Å². The van der Waals surface area contributed by atoms with Crippen molar-refractivity contribution in [3.8, 4) is 11.3 Å². The van der Waals surface area contributed by atoms with Crippen LogP contribution in [0.3, 0.4) is 0 Å². The molecule has 186 valence electrons. The molecule has 1 aliphatic rings. The van der Waals surface area contributed by atoms with Crippen molar-refractivity contribution in [2.24, 2.45) is 7.05 Å². The van der Waals surface area contributed by atoms with Gasteiger partial charge in [0.05, 0.1) is 24.2 Å². The van der Waals surface area contributed by atoms with Crippen molar-refractivity contribution < 1.29 is 9.90 Å². The Morgan fingerprint density at radius 1 is 1.03 bits per heavy atom. The Morgan fingerprint density at radius 3 is 2.33 bits per heavy atom. The van der Waals surface area contributed by atoms with Crippen molar-refractivity contribution in [2.45, 2.75) is 44.2 Å². The lowest BCUT2D eigenvalue weighted by molar-refractivity contribution is -0.136. The zero-order chi connectivity index (χ0) is 25.3. The first kappa shape index (κ1) is 23.9. The molecule has 8 nitrogen and oxygen atoms in total. The van der Waals surface area contributed by atoms with Gasteiger partial charge in [-0.1, -0.05) is 67.6 Å². The average molecular weight is 486 g/mol. The monoisotopic (exact) mass is 485 g/mol. The SMILES string of the molecule is C[C@H](CC(=O)N1CCC(O)(Cn2cnc3c(-c4ccccc4)n(C)nc3c2=O)CC1)c1ccccc1. The zero-order valence-electron chi connectivity index (χ0n) is 20.7. The molecule has 1 amide bonds. The summed E-state index contributed by atoms with van der Waals surface area (Å²) in [5.41, 5.74) is 2.33. The minimum absolute atomic E-state index is 0.0931. The van der Waals surface area contributed by atoms with Gasteiger partial charge in [-0.15, -0.1) is 0 Å². The van der Waals surface area contributed by atoms with E-state index in [1.54, 1.807) is 11.7 Å². The van der Waals surface area contributed by atoms with E-state index in [4.69, 9.17) is 0 Å². The highest BCUT2D eigenvalue weighted by molar-refractivity contribution is 5.89. The van der Waals surface area contributed by atoms with Crippen LogP contribution in [0.4, 0.5) is 0 Å². The van der Waals surface area contributed by atoms with Gasteiger partial charge in [-0.2, -0.15) is 5.10 Å². The molecule has 36 heavy (non-hydrogen) atoms. The number of fused-ring (bicyclic) bond motifs is 1. The Kier molecular flexibility index (Phi) is 6.45. The van der Waals surface area contributed by atoms with E-state index in [2.05, 4.69) is 17.0 Å². The number of carbonyl (C=O) groups is 1. The highest BCUT2D eigenvalue weighted by Gasteiger charge is 2.35. The first-order valence-electron chi connectivity index (χ1n) is 12.4. The van der Waals surface area contributed by atoms with Crippen molar-refractivity contribution in [2.75, 3.05) is 13.1 Å². The summed E-state index contributed by atoms with van der Waals surface area (Å²) in [5, 5.41) is 15.7. The van der Waals surface area contributed by atoms with Gasteiger partial charge in [0.15, 0.2) is 5.52 Å². The van der Waals surface area contributed by atoms with Crippen LogP contribution < -0.4 is 5.56 Å². The summed E-state index contributed by atoms with van der Waals surface area (Å²) in [6.45, 7) is 3.10. The Balaban J connectivity index is 1.27. The van der Waals surface area contributed by atoms with Crippen molar-refractivity contribution in [1.82, 2.24) is 24.2 Å². The van der Waals surface area contributed by atoms with Crippen LogP contribution >= 0.6 is 0 Å². The summed E-state index contributed by atoms with van der Waals surface area (Å²) < 4.78 is 3.12. The second-order valence-corrected chi connectivity index (χ2v) is 9.83. The minimum Gasteiger partial charge on any atom is -0.388 e. The van der Waals surface area contributed by atoms with Crippen molar-refractivity contribution in [3.05, 3.63) is 82.9 Å². The second kappa shape index (κ2) is 9.70. The van der Waals surface area contributed by atoms with Crippen molar-refractivity contribution in [1.29, 1.82) is 0 Å². The molecule has 0 saturated carbocycles. The van der Waals surface area contributed by atoms with E-state index in [0.29, 0.717) is 37.9 Å². The summed E-state index contributed by atoms with van der Waals surface area (Å²) >= 11 is 0. The number of amides is 1. The van der Waals surface area contributed by atoms with Gasteiger partial charge in [0.25, 0.3) is 5.56 Å². The van der Waals surface area contributed by atoms with Gasteiger partial charge >= 0.3 is 0 Å². The maximum Gasteiger partial charge on any atom is 0.281 e. The molecule has 1 aliphatic heterocycles. The van der Waals surface area contributed by atoms with Gasteiger partial charge in [0.2, 0.25) is 5.91 Å². The number of aryl methyl sites for hydroxylation is 1. The lowest BCUT2D eigenvalue weighted by Crippen LogP contribution is -2.49. The quantitative estimate of drug-likeness (QED) is 0.452. The third-order valence-corrected chi connectivity index (χ3v) is 7.22. The number of carbonyl (C=O) groups excluding carboxylic acids is 1. The van der Waals surface area contributed by atoms with E-state index >= 15 is 0 Å². The Bertz CT molecular complexity index is 1420. The maximum atomic E-state index is 13.2. The molecule has 0 radical (unpaired) electrons. The number of benzene rings is 2. The predicted molar refractivity (Wildman–Crippen MR) is 138 cm³/mol. The molecule has 8 heteroatoms. The van der Waals surface area contributed by atoms with Crippen molar-refractivity contribution in [3.63, 3.8) is 0 Å². The summed E-state index contributed by atoms with van der Waals surface area (Å²) in [6.07, 6.45) is 2.74. The van der Waals surface area contributed by atoms with Crippen molar-refractivity contribution >= 4 is 16.9 Å². The van der Waals surface area contributed by atoms with E-state index in [-0.39, 0.29) is 29.4 Å². The summed E-state index contributed by atoms with van der Waals surface area (Å²) in [6, 6.07) is 19.8. The van der Waals surface area contributed by atoms with E-state index in [0.717, 1.165) is 16.8 Å². The van der Waals surface area contributed by atoms with Gasteiger partial charge in [-0.05, 0) is 24.3 Å². The number of rotatable bonds is 6. The van der Waals surface area contributed by atoms with Gasteiger partial charge < -0.3 is 10.0 Å². The molecule has 1 N–H and O–H groups in total. The fraction of sp³-hybridized carbons (Fsp3) is 0.357. The molecule has 5 rings (SSSR count). The van der Waals surface area contributed by atoms with Crippen LogP contribution in [0, 0.1) is 0 Å². The van der Waals surface area contributed by atoms with Crippen LogP contribution in [0.1, 0.15) is 37.7 Å². The molecule has 0 aliphatic carbocycles. The largest absolute Gasteiger partial charge is 0.388 e. The number of aromatic nitrogens is 4. The molecular formula is C28H31N5O3. The first-order chi connectivity index (χ1) is 17.3. The molecule has 1 atom stereocenters. The molecule has 0 unspecified atom stereocenters. The van der Waals surface area contributed by atoms with Crippen LogP contribution in [0.25, 0.3) is 22.3 Å². The lowest BCUT2D eigenvalue weighted by Gasteiger charge is -2.38. The van der Waals surface area contributed by atoms with Crippen LogP contribution in [-0.4, -0.2) is 53.9 Å². The Morgan fingerprint density at radius 2 is 1.67 bits per heavy atom.